The second-order valence-corrected chi connectivity index (χ2v) is 6.89. The van der Waals surface area contributed by atoms with Crippen molar-refractivity contribution in [2.45, 2.75) is 37.9 Å². The van der Waals surface area contributed by atoms with Gasteiger partial charge >= 0.3 is 0 Å². The monoisotopic (exact) mass is 322 g/mol. The summed E-state index contributed by atoms with van der Waals surface area (Å²) < 4.78 is 6.74. The number of piperidine rings is 1. The Morgan fingerprint density at radius 1 is 1.04 bits per heavy atom. The van der Waals surface area contributed by atoms with E-state index in [1.165, 1.54) is 16.7 Å². The standard InChI is InChI=1S/C21H26N2O/c1-2-14-22-23-15-12-21(13-16-23)19-11-7-6-10-18(19)20(24-21)17-8-4-3-5-9-17/h3-11,20,22H,2,12-16H2,1H3. The molecule has 2 aromatic rings. The van der Waals surface area contributed by atoms with E-state index in [-0.39, 0.29) is 11.7 Å². The third-order valence-electron chi connectivity index (χ3n) is 5.34. The molecule has 4 rings (SSSR count). The lowest BCUT2D eigenvalue weighted by Gasteiger charge is -2.40. The molecule has 2 aliphatic heterocycles. The molecule has 1 spiro atoms. The zero-order valence-electron chi connectivity index (χ0n) is 14.4. The number of hydrazine groups is 1. The van der Waals surface area contributed by atoms with E-state index in [9.17, 15) is 0 Å². The van der Waals surface area contributed by atoms with Gasteiger partial charge in [-0.2, -0.15) is 0 Å². The quantitative estimate of drug-likeness (QED) is 0.920. The molecule has 2 aliphatic rings. The largest absolute Gasteiger partial charge is 0.358 e. The lowest BCUT2D eigenvalue weighted by Crippen LogP contribution is -2.48. The Morgan fingerprint density at radius 2 is 1.75 bits per heavy atom. The summed E-state index contributed by atoms with van der Waals surface area (Å²) in [6, 6.07) is 19.4. The average molecular weight is 322 g/mol. The minimum Gasteiger partial charge on any atom is -0.358 e. The molecule has 1 N–H and O–H groups in total. The molecule has 1 unspecified atom stereocenters. The zero-order chi connectivity index (χ0) is 16.4. The molecule has 0 aliphatic carbocycles. The summed E-state index contributed by atoms with van der Waals surface area (Å²) in [7, 11) is 0. The van der Waals surface area contributed by atoms with Crippen molar-refractivity contribution in [3.8, 4) is 0 Å². The van der Waals surface area contributed by atoms with Crippen LogP contribution >= 0.6 is 0 Å². The second kappa shape index (κ2) is 6.67. The molecule has 0 bridgehead atoms. The van der Waals surface area contributed by atoms with Crippen LogP contribution in [-0.2, 0) is 10.3 Å². The minimum atomic E-state index is -0.124. The molecule has 2 aromatic carbocycles. The van der Waals surface area contributed by atoms with Crippen LogP contribution in [0.3, 0.4) is 0 Å². The summed E-state index contributed by atoms with van der Waals surface area (Å²) >= 11 is 0. The lowest BCUT2D eigenvalue weighted by atomic mass is 9.83. The first-order chi connectivity index (χ1) is 11.8. The topological polar surface area (TPSA) is 24.5 Å². The highest BCUT2D eigenvalue weighted by Crippen LogP contribution is 2.51. The van der Waals surface area contributed by atoms with Gasteiger partial charge in [0.25, 0.3) is 0 Å². The van der Waals surface area contributed by atoms with Gasteiger partial charge in [0.2, 0.25) is 0 Å². The Morgan fingerprint density at radius 3 is 2.50 bits per heavy atom. The van der Waals surface area contributed by atoms with Gasteiger partial charge in [-0.05, 0) is 36.0 Å². The van der Waals surface area contributed by atoms with Gasteiger partial charge in [0.15, 0.2) is 0 Å². The smallest absolute Gasteiger partial charge is 0.109 e. The van der Waals surface area contributed by atoms with Crippen molar-refractivity contribution < 1.29 is 4.74 Å². The van der Waals surface area contributed by atoms with Gasteiger partial charge in [0, 0.05) is 19.6 Å². The zero-order valence-corrected chi connectivity index (χ0v) is 14.4. The summed E-state index contributed by atoms with van der Waals surface area (Å²) in [4.78, 5) is 0. The first-order valence-electron chi connectivity index (χ1n) is 9.13. The number of fused-ring (bicyclic) bond motifs is 2. The van der Waals surface area contributed by atoms with Gasteiger partial charge in [0.05, 0.1) is 5.60 Å². The first-order valence-corrected chi connectivity index (χ1v) is 9.13. The van der Waals surface area contributed by atoms with Crippen molar-refractivity contribution in [1.29, 1.82) is 0 Å². The molecule has 2 heterocycles. The molecule has 0 saturated carbocycles. The molecule has 3 heteroatoms. The molecule has 0 aromatic heterocycles. The average Bonchev–Trinajstić information content (AvgIpc) is 2.97. The number of nitrogens with zero attached hydrogens (tertiary/aromatic N) is 1. The van der Waals surface area contributed by atoms with Crippen molar-refractivity contribution in [1.82, 2.24) is 10.4 Å². The van der Waals surface area contributed by atoms with E-state index in [4.69, 9.17) is 4.74 Å². The van der Waals surface area contributed by atoms with Crippen molar-refractivity contribution in [3.63, 3.8) is 0 Å². The van der Waals surface area contributed by atoms with Crippen LogP contribution in [0.1, 0.15) is 49.0 Å². The van der Waals surface area contributed by atoms with E-state index in [1.807, 2.05) is 0 Å². The van der Waals surface area contributed by atoms with Crippen LogP contribution in [0.4, 0.5) is 0 Å². The summed E-state index contributed by atoms with van der Waals surface area (Å²) in [6.45, 7) is 5.34. The van der Waals surface area contributed by atoms with Crippen LogP contribution in [0.15, 0.2) is 54.6 Å². The number of ether oxygens (including phenoxy) is 1. The van der Waals surface area contributed by atoms with E-state index in [0.29, 0.717) is 0 Å². The first kappa shape index (κ1) is 15.8. The van der Waals surface area contributed by atoms with Crippen molar-refractivity contribution in [2.24, 2.45) is 0 Å². The van der Waals surface area contributed by atoms with E-state index >= 15 is 0 Å². The summed E-state index contributed by atoms with van der Waals surface area (Å²) in [5.41, 5.74) is 7.40. The third-order valence-corrected chi connectivity index (χ3v) is 5.34. The van der Waals surface area contributed by atoms with E-state index in [2.05, 4.69) is 72.0 Å². The molecular formula is C21H26N2O. The number of nitrogens with one attached hydrogen (secondary N) is 1. The second-order valence-electron chi connectivity index (χ2n) is 6.89. The molecule has 1 fully saturated rings. The third kappa shape index (κ3) is 2.77. The normalized spacial score (nSPS) is 22.6. The minimum absolute atomic E-state index is 0.0672. The van der Waals surface area contributed by atoms with Gasteiger partial charge in [0.1, 0.15) is 6.10 Å². The van der Waals surface area contributed by atoms with Crippen molar-refractivity contribution >= 4 is 0 Å². The molecule has 0 radical (unpaired) electrons. The molecular weight excluding hydrogens is 296 g/mol. The Hall–Kier alpha value is -1.68. The van der Waals surface area contributed by atoms with Crippen LogP contribution in [-0.4, -0.2) is 24.6 Å². The SMILES string of the molecule is CCCNN1CCC2(CC1)OC(c1ccccc1)c1ccccc12. The van der Waals surface area contributed by atoms with Gasteiger partial charge in [-0.25, -0.2) is 5.01 Å². The maximum atomic E-state index is 6.74. The highest BCUT2D eigenvalue weighted by atomic mass is 16.5. The van der Waals surface area contributed by atoms with Gasteiger partial charge in [-0.1, -0.05) is 61.5 Å². The van der Waals surface area contributed by atoms with Crippen molar-refractivity contribution in [3.05, 3.63) is 71.3 Å². The maximum absolute atomic E-state index is 6.74. The molecule has 126 valence electrons. The molecule has 0 amide bonds. The number of rotatable bonds is 4. The van der Waals surface area contributed by atoms with Crippen LogP contribution in [0.25, 0.3) is 0 Å². The van der Waals surface area contributed by atoms with Crippen LogP contribution in [0.5, 0.6) is 0 Å². The highest BCUT2D eigenvalue weighted by molar-refractivity contribution is 5.43. The molecule has 3 nitrogen and oxygen atoms in total. The molecule has 1 atom stereocenters. The van der Waals surface area contributed by atoms with Gasteiger partial charge in [-0.15, -0.1) is 0 Å². The number of hydrogen-bond acceptors (Lipinski definition) is 3. The molecule has 24 heavy (non-hydrogen) atoms. The maximum Gasteiger partial charge on any atom is 0.109 e. The van der Waals surface area contributed by atoms with E-state index in [1.54, 1.807) is 0 Å². The number of hydrogen-bond donors (Lipinski definition) is 1. The van der Waals surface area contributed by atoms with E-state index < -0.39 is 0 Å². The van der Waals surface area contributed by atoms with Crippen molar-refractivity contribution in [2.75, 3.05) is 19.6 Å². The Bertz CT molecular complexity index is 677. The Balaban J connectivity index is 1.60. The fraction of sp³-hybridized carbons (Fsp3) is 0.429. The highest BCUT2D eigenvalue weighted by Gasteiger charge is 2.46. The fourth-order valence-electron chi connectivity index (χ4n) is 4.05. The van der Waals surface area contributed by atoms with Crippen LogP contribution in [0.2, 0.25) is 0 Å². The Labute approximate surface area is 144 Å². The van der Waals surface area contributed by atoms with Crippen LogP contribution in [0, 0.1) is 0 Å². The molecule has 1 saturated heterocycles. The van der Waals surface area contributed by atoms with Crippen LogP contribution < -0.4 is 5.43 Å². The summed E-state index contributed by atoms with van der Waals surface area (Å²) in [6.07, 6.45) is 3.32. The number of benzene rings is 2. The van der Waals surface area contributed by atoms with Gasteiger partial charge < -0.3 is 4.74 Å². The van der Waals surface area contributed by atoms with Gasteiger partial charge in [-0.3, -0.25) is 5.43 Å². The summed E-state index contributed by atoms with van der Waals surface area (Å²) in [5, 5.41) is 2.36. The van der Waals surface area contributed by atoms with E-state index in [0.717, 1.165) is 38.9 Å². The fourth-order valence-corrected chi connectivity index (χ4v) is 4.05. The lowest BCUT2D eigenvalue weighted by molar-refractivity contribution is -0.103. The Kier molecular flexibility index (Phi) is 4.40. The predicted molar refractivity (Wildman–Crippen MR) is 96.6 cm³/mol. The predicted octanol–water partition coefficient (Wildman–Crippen LogP) is 4.01. The summed E-state index contributed by atoms with van der Waals surface area (Å²) in [5.74, 6) is 0.